The van der Waals surface area contributed by atoms with Crippen LogP contribution in [0.3, 0.4) is 0 Å². The molecule has 1 aliphatic heterocycles. The van der Waals surface area contributed by atoms with Gasteiger partial charge in [-0.25, -0.2) is 8.42 Å². The Labute approximate surface area is 179 Å². The molecule has 0 saturated carbocycles. The Morgan fingerprint density at radius 2 is 1.97 bits per heavy atom. The van der Waals surface area contributed by atoms with Crippen molar-refractivity contribution in [3.8, 4) is 11.5 Å². The minimum atomic E-state index is -3.85. The van der Waals surface area contributed by atoms with Crippen molar-refractivity contribution < 1.29 is 22.7 Å². The summed E-state index contributed by atoms with van der Waals surface area (Å²) in [6.45, 7) is 4.27. The normalized spacial score (nSPS) is 15.9. The number of rotatable bonds is 7. The number of nitrogens with one attached hydrogen (secondary N) is 2. The van der Waals surface area contributed by atoms with Crippen LogP contribution < -0.4 is 19.5 Å². The second-order valence-electron chi connectivity index (χ2n) is 6.99. The summed E-state index contributed by atoms with van der Waals surface area (Å²) in [5.74, 6) is 0.0901. The van der Waals surface area contributed by atoms with Gasteiger partial charge in [0.1, 0.15) is 17.3 Å². The van der Waals surface area contributed by atoms with Gasteiger partial charge in [0, 0.05) is 22.1 Å². The van der Waals surface area contributed by atoms with E-state index in [-0.39, 0.29) is 12.1 Å². The number of hydrogen-bond acceptors (Lipinski definition) is 5. The third kappa shape index (κ3) is 6.11. The van der Waals surface area contributed by atoms with E-state index in [1.165, 1.54) is 0 Å². The largest absolute Gasteiger partial charge is 0.493 e. The molecule has 1 atom stereocenters. The van der Waals surface area contributed by atoms with Crippen molar-refractivity contribution in [3.63, 3.8) is 0 Å². The van der Waals surface area contributed by atoms with Gasteiger partial charge >= 0.3 is 0 Å². The Balaban J connectivity index is 1.61. The topological polar surface area (TPSA) is 93.7 Å². The van der Waals surface area contributed by atoms with Gasteiger partial charge in [0.25, 0.3) is 0 Å². The summed E-state index contributed by atoms with van der Waals surface area (Å²) >= 11 is 3.40. The number of carbonyl (C=O) groups excluding carboxylic acids is 1. The monoisotopic (exact) mass is 482 g/mol. The van der Waals surface area contributed by atoms with Gasteiger partial charge in [0.15, 0.2) is 0 Å². The van der Waals surface area contributed by atoms with Gasteiger partial charge in [0.2, 0.25) is 15.9 Å². The summed E-state index contributed by atoms with van der Waals surface area (Å²) < 4.78 is 39.2. The Bertz CT molecular complexity index is 977. The molecule has 0 aromatic heterocycles. The van der Waals surface area contributed by atoms with Crippen molar-refractivity contribution in [2.45, 2.75) is 32.4 Å². The van der Waals surface area contributed by atoms with Gasteiger partial charge in [-0.2, -0.15) is 0 Å². The molecule has 0 spiro atoms. The van der Waals surface area contributed by atoms with Crippen molar-refractivity contribution in [3.05, 3.63) is 52.5 Å². The van der Waals surface area contributed by atoms with Crippen LogP contribution in [0.5, 0.6) is 11.5 Å². The fourth-order valence-electron chi connectivity index (χ4n) is 3.01. The first-order valence-electron chi connectivity index (χ1n) is 9.21. The van der Waals surface area contributed by atoms with Gasteiger partial charge < -0.3 is 14.8 Å². The van der Waals surface area contributed by atoms with Crippen molar-refractivity contribution in [2.24, 2.45) is 0 Å². The molecule has 0 fully saturated rings. The second kappa shape index (κ2) is 9.04. The van der Waals surface area contributed by atoms with E-state index < -0.39 is 21.7 Å². The smallest absolute Gasteiger partial charge is 0.241 e. The first-order chi connectivity index (χ1) is 13.7. The van der Waals surface area contributed by atoms with Gasteiger partial charge in [-0.3, -0.25) is 9.52 Å². The van der Waals surface area contributed by atoms with Crippen LogP contribution in [0.2, 0.25) is 0 Å². The van der Waals surface area contributed by atoms with Crippen molar-refractivity contribution in [2.75, 3.05) is 17.1 Å². The number of carbonyl (C=O) groups is 1. The lowest BCUT2D eigenvalue weighted by molar-refractivity contribution is -0.119. The predicted molar refractivity (Wildman–Crippen MR) is 115 cm³/mol. The molecule has 0 aliphatic carbocycles. The summed E-state index contributed by atoms with van der Waals surface area (Å²) in [5.41, 5.74) is 1.19. The molecule has 29 heavy (non-hydrogen) atoms. The molecule has 1 amide bonds. The van der Waals surface area contributed by atoms with Crippen LogP contribution in [0.25, 0.3) is 0 Å². The first-order valence-corrected chi connectivity index (χ1v) is 11.7. The number of anilines is 1. The van der Waals surface area contributed by atoms with E-state index in [4.69, 9.17) is 9.47 Å². The highest BCUT2D eigenvalue weighted by Gasteiger charge is 2.25. The second-order valence-corrected chi connectivity index (χ2v) is 9.63. The van der Waals surface area contributed by atoms with Crippen LogP contribution in [0.4, 0.5) is 5.69 Å². The molecule has 156 valence electrons. The standard InChI is InChI=1S/C20H23BrN2O5S/c1-13(2)28-16-6-4-15(5-7-16)23-29(25,26)12-20(24)22-18-9-10-27-19-8-3-14(21)11-17(18)19/h3-8,11,13,18,23H,9-10,12H2,1-2H3,(H,22,24). The molecular weight excluding hydrogens is 460 g/mol. The van der Waals surface area contributed by atoms with Crippen molar-refractivity contribution >= 4 is 37.5 Å². The quantitative estimate of drug-likeness (QED) is 0.628. The zero-order valence-corrected chi connectivity index (χ0v) is 18.5. The average molecular weight is 483 g/mol. The minimum absolute atomic E-state index is 0.0252. The van der Waals surface area contributed by atoms with E-state index in [2.05, 4.69) is 26.0 Å². The Hall–Kier alpha value is -2.26. The lowest BCUT2D eigenvalue weighted by Crippen LogP contribution is -2.37. The number of sulfonamides is 1. The van der Waals surface area contributed by atoms with Gasteiger partial charge in [-0.05, 0) is 56.3 Å². The van der Waals surface area contributed by atoms with Gasteiger partial charge in [0.05, 0.1) is 18.8 Å². The summed E-state index contributed by atoms with van der Waals surface area (Å²) in [6, 6.07) is 11.8. The van der Waals surface area contributed by atoms with E-state index in [9.17, 15) is 13.2 Å². The van der Waals surface area contributed by atoms with E-state index in [1.54, 1.807) is 24.3 Å². The molecule has 1 unspecified atom stereocenters. The molecule has 2 aromatic rings. The molecule has 7 nitrogen and oxygen atoms in total. The summed E-state index contributed by atoms with van der Waals surface area (Å²) in [4.78, 5) is 12.4. The maximum atomic E-state index is 12.4. The van der Waals surface area contributed by atoms with Crippen LogP contribution in [-0.2, 0) is 14.8 Å². The Kier molecular flexibility index (Phi) is 6.69. The lowest BCUT2D eigenvalue weighted by Gasteiger charge is -2.27. The van der Waals surface area contributed by atoms with E-state index >= 15 is 0 Å². The van der Waals surface area contributed by atoms with Crippen LogP contribution in [-0.4, -0.2) is 32.8 Å². The summed E-state index contributed by atoms with van der Waals surface area (Å²) in [5, 5.41) is 2.80. The minimum Gasteiger partial charge on any atom is -0.493 e. The average Bonchev–Trinajstić information content (AvgIpc) is 2.62. The fourth-order valence-corrected chi connectivity index (χ4v) is 4.39. The van der Waals surface area contributed by atoms with Crippen LogP contribution >= 0.6 is 15.9 Å². The molecule has 2 aromatic carbocycles. The van der Waals surface area contributed by atoms with Crippen LogP contribution in [0, 0.1) is 0 Å². The Morgan fingerprint density at radius 3 is 2.66 bits per heavy atom. The molecule has 0 saturated heterocycles. The molecule has 2 N–H and O–H groups in total. The number of hydrogen-bond donors (Lipinski definition) is 2. The molecule has 1 heterocycles. The van der Waals surface area contributed by atoms with Gasteiger partial charge in [-0.15, -0.1) is 0 Å². The summed E-state index contributed by atoms with van der Waals surface area (Å²) in [6.07, 6.45) is 0.595. The highest BCUT2D eigenvalue weighted by Crippen LogP contribution is 2.34. The summed E-state index contributed by atoms with van der Waals surface area (Å²) in [7, 11) is -3.85. The lowest BCUT2D eigenvalue weighted by atomic mass is 10.0. The third-order valence-electron chi connectivity index (χ3n) is 4.17. The maximum absolute atomic E-state index is 12.4. The predicted octanol–water partition coefficient (Wildman–Crippen LogP) is 3.62. The highest BCUT2D eigenvalue weighted by molar-refractivity contribution is 9.10. The fraction of sp³-hybridized carbons (Fsp3) is 0.350. The zero-order valence-electron chi connectivity index (χ0n) is 16.1. The number of ether oxygens (including phenoxy) is 2. The molecular formula is C20H23BrN2O5S. The number of fused-ring (bicyclic) bond motifs is 1. The van der Waals surface area contributed by atoms with Gasteiger partial charge in [-0.1, -0.05) is 15.9 Å². The Morgan fingerprint density at radius 1 is 1.24 bits per heavy atom. The SMILES string of the molecule is CC(C)Oc1ccc(NS(=O)(=O)CC(=O)NC2CCOc3ccc(Br)cc32)cc1. The molecule has 0 radical (unpaired) electrons. The number of amides is 1. The zero-order chi connectivity index (χ0) is 21.0. The first kappa shape index (κ1) is 21.4. The molecule has 9 heteroatoms. The van der Waals surface area contributed by atoms with E-state index in [0.29, 0.717) is 30.2 Å². The van der Waals surface area contributed by atoms with Crippen LogP contribution in [0.15, 0.2) is 46.9 Å². The molecule has 0 bridgehead atoms. The number of halogens is 1. The van der Waals surface area contributed by atoms with E-state index in [0.717, 1.165) is 10.0 Å². The maximum Gasteiger partial charge on any atom is 0.241 e. The number of benzene rings is 2. The van der Waals surface area contributed by atoms with Crippen molar-refractivity contribution in [1.29, 1.82) is 0 Å². The molecule has 3 rings (SSSR count). The van der Waals surface area contributed by atoms with E-state index in [1.807, 2.05) is 32.0 Å². The highest BCUT2D eigenvalue weighted by atomic mass is 79.9. The molecule has 1 aliphatic rings. The van der Waals surface area contributed by atoms with Crippen LogP contribution in [0.1, 0.15) is 31.9 Å². The third-order valence-corrected chi connectivity index (χ3v) is 5.85. The van der Waals surface area contributed by atoms with Crippen molar-refractivity contribution in [1.82, 2.24) is 5.32 Å².